The second-order valence-corrected chi connectivity index (χ2v) is 4.44. The van der Waals surface area contributed by atoms with Gasteiger partial charge in [-0.15, -0.1) is 0 Å². The lowest BCUT2D eigenvalue weighted by molar-refractivity contribution is -0.385. The van der Waals surface area contributed by atoms with Gasteiger partial charge in [0.25, 0.3) is 5.69 Å². The molecular weight excluding hydrogens is 244 g/mol. The topological polar surface area (TPSA) is 73.0 Å². The van der Waals surface area contributed by atoms with Gasteiger partial charge in [0.1, 0.15) is 0 Å². The van der Waals surface area contributed by atoms with Gasteiger partial charge in [0.05, 0.1) is 11.1 Å². The van der Waals surface area contributed by atoms with Crippen molar-refractivity contribution >= 4 is 11.4 Å². The lowest BCUT2D eigenvalue weighted by atomic mass is 10.1. The summed E-state index contributed by atoms with van der Waals surface area (Å²) >= 11 is 0. The fraction of sp³-hybridized carbons (Fsp3) is 0.308. The summed E-state index contributed by atoms with van der Waals surface area (Å²) in [6.07, 6.45) is 1.80. The lowest BCUT2D eigenvalue weighted by Crippen LogP contribution is -2.04. The van der Waals surface area contributed by atoms with Crippen LogP contribution in [-0.4, -0.2) is 14.7 Å². The van der Waals surface area contributed by atoms with E-state index in [1.54, 1.807) is 23.9 Å². The Labute approximate surface area is 111 Å². The Morgan fingerprint density at radius 1 is 1.42 bits per heavy atom. The van der Waals surface area contributed by atoms with Crippen LogP contribution in [0.2, 0.25) is 0 Å². The minimum atomic E-state index is -0.365. The molecule has 0 unspecified atom stereocenters. The van der Waals surface area contributed by atoms with Crippen LogP contribution < -0.4 is 5.32 Å². The summed E-state index contributed by atoms with van der Waals surface area (Å²) in [6.45, 7) is 4.34. The van der Waals surface area contributed by atoms with Gasteiger partial charge in [-0.3, -0.25) is 14.8 Å². The van der Waals surface area contributed by atoms with Crippen LogP contribution in [0.3, 0.4) is 0 Å². The van der Waals surface area contributed by atoms with Gasteiger partial charge in [-0.25, -0.2) is 0 Å². The Bertz CT molecular complexity index is 619. The van der Waals surface area contributed by atoms with Crippen molar-refractivity contribution in [2.24, 2.45) is 7.05 Å². The van der Waals surface area contributed by atoms with Gasteiger partial charge in [0, 0.05) is 42.2 Å². The number of aromatic nitrogens is 2. The zero-order valence-corrected chi connectivity index (χ0v) is 11.2. The van der Waals surface area contributed by atoms with E-state index < -0.39 is 0 Å². The number of nitro benzene ring substituents is 1. The van der Waals surface area contributed by atoms with E-state index in [4.69, 9.17) is 0 Å². The van der Waals surface area contributed by atoms with E-state index in [1.807, 2.05) is 20.0 Å². The molecule has 6 nitrogen and oxygen atoms in total. The van der Waals surface area contributed by atoms with E-state index in [9.17, 15) is 10.1 Å². The molecule has 0 aliphatic carbocycles. The van der Waals surface area contributed by atoms with Crippen LogP contribution in [0, 0.1) is 24.0 Å². The second kappa shape index (κ2) is 5.09. The highest BCUT2D eigenvalue weighted by Gasteiger charge is 2.13. The van der Waals surface area contributed by atoms with Crippen molar-refractivity contribution in [2.75, 3.05) is 5.32 Å². The molecule has 0 spiro atoms. The molecule has 100 valence electrons. The first-order valence-corrected chi connectivity index (χ1v) is 5.96. The Morgan fingerprint density at radius 3 is 2.74 bits per heavy atom. The van der Waals surface area contributed by atoms with Gasteiger partial charge in [0.15, 0.2) is 0 Å². The number of hydrogen-bond acceptors (Lipinski definition) is 4. The van der Waals surface area contributed by atoms with Crippen LogP contribution >= 0.6 is 0 Å². The van der Waals surface area contributed by atoms with Crippen molar-refractivity contribution in [3.8, 4) is 0 Å². The molecule has 1 heterocycles. The first-order chi connectivity index (χ1) is 9.00. The number of anilines is 1. The van der Waals surface area contributed by atoms with Gasteiger partial charge in [-0.05, 0) is 19.9 Å². The number of benzene rings is 1. The molecule has 0 radical (unpaired) electrons. The summed E-state index contributed by atoms with van der Waals surface area (Å²) in [5.74, 6) is 0. The molecular formula is C13H16N4O2. The fourth-order valence-electron chi connectivity index (χ4n) is 1.92. The van der Waals surface area contributed by atoms with Gasteiger partial charge in [-0.2, -0.15) is 5.10 Å². The van der Waals surface area contributed by atoms with Crippen molar-refractivity contribution < 1.29 is 4.92 Å². The third kappa shape index (κ3) is 2.57. The first kappa shape index (κ1) is 13.1. The van der Waals surface area contributed by atoms with Crippen LogP contribution in [0.1, 0.15) is 16.8 Å². The fourth-order valence-corrected chi connectivity index (χ4v) is 1.92. The van der Waals surface area contributed by atoms with Crippen molar-refractivity contribution in [3.05, 3.63) is 51.3 Å². The molecule has 0 bridgehead atoms. The number of nitrogens with zero attached hydrogens (tertiary/aromatic N) is 3. The van der Waals surface area contributed by atoms with E-state index in [0.717, 1.165) is 16.9 Å². The van der Waals surface area contributed by atoms with Crippen molar-refractivity contribution in [1.82, 2.24) is 9.78 Å². The van der Waals surface area contributed by atoms with E-state index in [2.05, 4.69) is 10.4 Å². The average molecular weight is 260 g/mol. The molecule has 6 heteroatoms. The normalized spacial score (nSPS) is 10.5. The van der Waals surface area contributed by atoms with Gasteiger partial charge < -0.3 is 5.32 Å². The third-order valence-electron chi connectivity index (χ3n) is 3.31. The van der Waals surface area contributed by atoms with Crippen LogP contribution in [0.4, 0.5) is 11.4 Å². The molecule has 2 rings (SSSR count). The van der Waals surface area contributed by atoms with Crippen LogP contribution in [0.15, 0.2) is 24.4 Å². The maximum Gasteiger partial charge on any atom is 0.274 e. The maximum absolute atomic E-state index is 10.9. The van der Waals surface area contributed by atoms with Gasteiger partial charge in [-0.1, -0.05) is 6.07 Å². The van der Waals surface area contributed by atoms with Gasteiger partial charge in [0.2, 0.25) is 0 Å². The SMILES string of the molecule is Cc1c(NCc2cnn(C)c2C)cccc1[N+](=O)[O-]. The van der Waals surface area contributed by atoms with Crippen LogP contribution in [-0.2, 0) is 13.6 Å². The Balaban J connectivity index is 2.18. The largest absolute Gasteiger partial charge is 0.380 e. The van der Waals surface area contributed by atoms with Gasteiger partial charge >= 0.3 is 0 Å². The number of nitro groups is 1. The second-order valence-electron chi connectivity index (χ2n) is 4.44. The molecule has 0 atom stereocenters. The third-order valence-corrected chi connectivity index (χ3v) is 3.31. The van der Waals surface area contributed by atoms with Crippen molar-refractivity contribution in [2.45, 2.75) is 20.4 Å². The Morgan fingerprint density at radius 2 is 2.16 bits per heavy atom. The summed E-state index contributed by atoms with van der Waals surface area (Å²) in [5, 5.41) is 18.3. The molecule has 0 fully saturated rings. The number of hydrogen-bond donors (Lipinski definition) is 1. The summed E-state index contributed by atoms with van der Waals surface area (Å²) in [7, 11) is 1.89. The number of nitrogens with one attached hydrogen (secondary N) is 1. The molecule has 0 aliphatic rings. The summed E-state index contributed by atoms with van der Waals surface area (Å²) in [5.41, 5.74) is 3.71. The minimum absolute atomic E-state index is 0.132. The quantitative estimate of drug-likeness (QED) is 0.677. The zero-order chi connectivity index (χ0) is 14.0. The smallest absolute Gasteiger partial charge is 0.274 e. The van der Waals surface area contributed by atoms with Crippen molar-refractivity contribution in [1.29, 1.82) is 0 Å². The van der Waals surface area contributed by atoms with E-state index >= 15 is 0 Å². The van der Waals surface area contributed by atoms with Crippen molar-refractivity contribution in [3.63, 3.8) is 0 Å². The summed E-state index contributed by atoms with van der Waals surface area (Å²) in [4.78, 5) is 10.5. The molecule has 0 aliphatic heterocycles. The number of rotatable bonds is 4. The maximum atomic E-state index is 10.9. The van der Waals surface area contributed by atoms with E-state index in [1.165, 1.54) is 6.07 Å². The summed E-state index contributed by atoms with van der Waals surface area (Å²) < 4.78 is 1.80. The molecule has 2 aromatic rings. The number of aryl methyl sites for hydroxylation is 1. The van der Waals surface area contributed by atoms with E-state index in [0.29, 0.717) is 12.1 Å². The molecule has 0 saturated heterocycles. The Kier molecular flexibility index (Phi) is 3.50. The average Bonchev–Trinajstić information content (AvgIpc) is 2.68. The standard InChI is InChI=1S/C13H16N4O2/c1-9-12(5-4-6-13(9)17(18)19)14-7-11-8-15-16(3)10(11)2/h4-6,8,14H,7H2,1-3H3. The predicted octanol–water partition coefficient (Wildman–Crippen LogP) is 2.56. The molecule has 0 saturated carbocycles. The zero-order valence-electron chi connectivity index (χ0n) is 11.2. The molecule has 0 amide bonds. The minimum Gasteiger partial charge on any atom is -0.380 e. The lowest BCUT2D eigenvalue weighted by Gasteiger charge is -2.09. The molecule has 1 N–H and O–H groups in total. The molecule has 19 heavy (non-hydrogen) atoms. The highest BCUT2D eigenvalue weighted by Crippen LogP contribution is 2.25. The first-order valence-electron chi connectivity index (χ1n) is 5.96. The molecule has 1 aromatic heterocycles. The Hall–Kier alpha value is -2.37. The highest BCUT2D eigenvalue weighted by atomic mass is 16.6. The van der Waals surface area contributed by atoms with Crippen LogP contribution in [0.25, 0.3) is 0 Å². The van der Waals surface area contributed by atoms with E-state index in [-0.39, 0.29) is 10.6 Å². The van der Waals surface area contributed by atoms with Crippen LogP contribution in [0.5, 0.6) is 0 Å². The predicted molar refractivity (Wildman–Crippen MR) is 73.1 cm³/mol. The monoisotopic (exact) mass is 260 g/mol. The summed E-state index contributed by atoms with van der Waals surface area (Å²) in [6, 6.07) is 5.04. The molecule has 1 aromatic carbocycles. The highest BCUT2D eigenvalue weighted by molar-refractivity contribution is 5.59.